The van der Waals surface area contributed by atoms with Crippen LogP contribution in [0.5, 0.6) is 5.75 Å². The van der Waals surface area contributed by atoms with E-state index in [0.717, 1.165) is 17.0 Å². The Morgan fingerprint density at radius 1 is 1.06 bits per heavy atom. The number of hydrogen-bond donors (Lipinski definition) is 0. The fraction of sp³-hybridized carbons (Fsp3) is 0.214. The first-order valence-corrected chi connectivity index (χ1v) is 5.28. The number of benzene rings is 1. The van der Waals surface area contributed by atoms with Crippen molar-refractivity contribution in [3.8, 4) is 17.0 Å². The van der Waals surface area contributed by atoms with Gasteiger partial charge in [0, 0.05) is 11.8 Å². The van der Waals surface area contributed by atoms with Gasteiger partial charge in [-0.05, 0) is 49.2 Å². The van der Waals surface area contributed by atoms with Crippen molar-refractivity contribution in [2.45, 2.75) is 13.8 Å². The number of nitrogens with zero attached hydrogens (tertiary/aromatic N) is 1. The minimum atomic E-state index is 0.883. The normalized spacial score (nSPS) is 10.2. The van der Waals surface area contributed by atoms with Crippen molar-refractivity contribution in [3.63, 3.8) is 0 Å². The molecule has 0 saturated heterocycles. The second kappa shape index (κ2) is 4.35. The molecule has 0 unspecified atom stereocenters. The Bertz CT molecular complexity index is 489. The lowest BCUT2D eigenvalue weighted by Gasteiger charge is -2.07. The number of hydrogen-bond acceptors (Lipinski definition) is 2. The highest BCUT2D eigenvalue weighted by Gasteiger charge is 2.03. The summed E-state index contributed by atoms with van der Waals surface area (Å²) in [6, 6.07) is 10.2. The van der Waals surface area contributed by atoms with Crippen molar-refractivity contribution in [3.05, 3.63) is 47.7 Å². The number of methoxy groups -OCH3 is 1. The van der Waals surface area contributed by atoms with Crippen LogP contribution in [-0.4, -0.2) is 12.1 Å². The Hall–Kier alpha value is -1.83. The predicted molar refractivity (Wildman–Crippen MR) is 65.7 cm³/mol. The van der Waals surface area contributed by atoms with Gasteiger partial charge in [0.15, 0.2) is 0 Å². The number of aryl methyl sites for hydroxylation is 2. The molecule has 2 aromatic rings. The van der Waals surface area contributed by atoms with Crippen LogP contribution < -0.4 is 4.74 Å². The second-order valence-corrected chi connectivity index (χ2v) is 3.90. The van der Waals surface area contributed by atoms with E-state index in [1.165, 1.54) is 11.1 Å². The van der Waals surface area contributed by atoms with Gasteiger partial charge < -0.3 is 4.74 Å². The van der Waals surface area contributed by atoms with Crippen LogP contribution in [0.4, 0.5) is 0 Å². The smallest absolute Gasteiger partial charge is 0.119 e. The highest BCUT2D eigenvalue weighted by Crippen LogP contribution is 2.25. The van der Waals surface area contributed by atoms with Crippen LogP contribution in [0.15, 0.2) is 36.5 Å². The Balaban J connectivity index is 2.44. The molecule has 1 aromatic carbocycles. The van der Waals surface area contributed by atoms with Crippen LogP contribution >= 0.6 is 0 Å². The fourth-order valence-corrected chi connectivity index (χ4v) is 1.68. The lowest BCUT2D eigenvalue weighted by atomic mass is 10.0. The van der Waals surface area contributed by atoms with Crippen molar-refractivity contribution in [2.75, 3.05) is 7.11 Å². The molecule has 0 atom stereocenters. The van der Waals surface area contributed by atoms with Crippen LogP contribution in [-0.2, 0) is 0 Å². The fourth-order valence-electron chi connectivity index (χ4n) is 1.68. The Morgan fingerprint density at radius 3 is 2.44 bits per heavy atom. The van der Waals surface area contributed by atoms with E-state index >= 15 is 0 Å². The molecule has 82 valence electrons. The van der Waals surface area contributed by atoms with E-state index in [4.69, 9.17) is 4.74 Å². The van der Waals surface area contributed by atoms with Gasteiger partial charge in [0.25, 0.3) is 0 Å². The monoisotopic (exact) mass is 213 g/mol. The van der Waals surface area contributed by atoms with Crippen molar-refractivity contribution in [1.82, 2.24) is 4.98 Å². The number of rotatable bonds is 2. The van der Waals surface area contributed by atoms with Crippen LogP contribution in [0.1, 0.15) is 11.1 Å². The van der Waals surface area contributed by atoms with E-state index in [-0.39, 0.29) is 0 Å². The maximum Gasteiger partial charge on any atom is 0.119 e. The van der Waals surface area contributed by atoms with Crippen LogP contribution in [0.25, 0.3) is 11.3 Å². The van der Waals surface area contributed by atoms with Crippen molar-refractivity contribution < 1.29 is 4.74 Å². The van der Waals surface area contributed by atoms with Crippen LogP contribution in [0, 0.1) is 13.8 Å². The molecule has 0 saturated carbocycles. The first-order chi connectivity index (χ1) is 7.70. The van der Waals surface area contributed by atoms with E-state index in [0.29, 0.717) is 0 Å². The predicted octanol–water partition coefficient (Wildman–Crippen LogP) is 3.37. The molecule has 2 nitrogen and oxygen atoms in total. The SMILES string of the molecule is COc1ccc(-c2ccc(C)cn2)c(C)c1. The lowest BCUT2D eigenvalue weighted by Crippen LogP contribution is -1.89. The average molecular weight is 213 g/mol. The Labute approximate surface area is 95.9 Å². The summed E-state index contributed by atoms with van der Waals surface area (Å²) in [5.74, 6) is 0.883. The van der Waals surface area contributed by atoms with Gasteiger partial charge in [-0.1, -0.05) is 6.07 Å². The third-order valence-electron chi connectivity index (χ3n) is 2.62. The number of pyridine rings is 1. The van der Waals surface area contributed by atoms with Gasteiger partial charge in [-0.25, -0.2) is 0 Å². The average Bonchev–Trinajstić information content (AvgIpc) is 2.30. The molecule has 1 heterocycles. The zero-order chi connectivity index (χ0) is 11.5. The van der Waals surface area contributed by atoms with Gasteiger partial charge in [0.2, 0.25) is 0 Å². The standard InChI is InChI=1S/C14H15NO/c1-10-4-7-14(15-9-10)13-6-5-12(16-3)8-11(13)2/h4-9H,1-3H3. The molecule has 2 heteroatoms. The first kappa shape index (κ1) is 10.7. The molecule has 0 aliphatic carbocycles. The topological polar surface area (TPSA) is 22.1 Å². The van der Waals surface area contributed by atoms with Crippen LogP contribution in [0.2, 0.25) is 0 Å². The van der Waals surface area contributed by atoms with E-state index in [9.17, 15) is 0 Å². The highest BCUT2D eigenvalue weighted by molar-refractivity contribution is 5.64. The minimum absolute atomic E-state index is 0.883. The summed E-state index contributed by atoms with van der Waals surface area (Å²) < 4.78 is 5.18. The van der Waals surface area contributed by atoms with E-state index in [1.54, 1.807) is 7.11 Å². The number of aromatic nitrogens is 1. The summed E-state index contributed by atoms with van der Waals surface area (Å²) in [6.07, 6.45) is 1.89. The molecule has 0 radical (unpaired) electrons. The molecule has 0 fully saturated rings. The van der Waals surface area contributed by atoms with Gasteiger partial charge in [0.05, 0.1) is 12.8 Å². The van der Waals surface area contributed by atoms with Gasteiger partial charge in [-0.15, -0.1) is 0 Å². The second-order valence-electron chi connectivity index (χ2n) is 3.90. The summed E-state index contributed by atoms with van der Waals surface area (Å²) in [4.78, 5) is 4.42. The zero-order valence-corrected chi connectivity index (χ0v) is 9.82. The maximum atomic E-state index is 5.18. The zero-order valence-electron chi connectivity index (χ0n) is 9.82. The third-order valence-corrected chi connectivity index (χ3v) is 2.62. The molecule has 1 aromatic heterocycles. The molecule has 16 heavy (non-hydrogen) atoms. The van der Waals surface area contributed by atoms with Crippen molar-refractivity contribution in [1.29, 1.82) is 0 Å². The van der Waals surface area contributed by atoms with Gasteiger partial charge >= 0.3 is 0 Å². The summed E-state index contributed by atoms with van der Waals surface area (Å²) in [6.45, 7) is 4.11. The Morgan fingerprint density at radius 2 is 1.88 bits per heavy atom. The molecule has 0 bridgehead atoms. The van der Waals surface area contributed by atoms with Gasteiger partial charge in [0.1, 0.15) is 5.75 Å². The van der Waals surface area contributed by atoms with E-state index in [2.05, 4.69) is 18.0 Å². The molecule has 0 amide bonds. The molecular formula is C14H15NO. The van der Waals surface area contributed by atoms with Crippen molar-refractivity contribution >= 4 is 0 Å². The Kier molecular flexibility index (Phi) is 2.91. The van der Waals surface area contributed by atoms with E-state index in [1.807, 2.05) is 37.4 Å². The highest BCUT2D eigenvalue weighted by atomic mass is 16.5. The molecule has 2 rings (SSSR count). The first-order valence-electron chi connectivity index (χ1n) is 5.28. The third kappa shape index (κ3) is 2.06. The number of ether oxygens (including phenoxy) is 1. The molecular weight excluding hydrogens is 198 g/mol. The molecule has 0 spiro atoms. The van der Waals surface area contributed by atoms with Gasteiger partial charge in [-0.3, -0.25) is 4.98 Å². The largest absolute Gasteiger partial charge is 0.497 e. The molecule has 0 aliphatic heterocycles. The summed E-state index contributed by atoms with van der Waals surface area (Å²) in [7, 11) is 1.68. The summed E-state index contributed by atoms with van der Waals surface area (Å²) in [5.41, 5.74) is 4.51. The summed E-state index contributed by atoms with van der Waals surface area (Å²) >= 11 is 0. The van der Waals surface area contributed by atoms with E-state index < -0.39 is 0 Å². The van der Waals surface area contributed by atoms with Crippen LogP contribution in [0.3, 0.4) is 0 Å². The molecule has 0 N–H and O–H groups in total. The van der Waals surface area contributed by atoms with Crippen molar-refractivity contribution in [2.24, 2.45) is 0 Å². The maximum absolute atomic E-state index is 5.18. The minimum Gasteiger partial charge on any atom is -0.497 e. The van der Waals surface area contributed by atoms with Gasteiger partial charge in [-0.2, -0.15) is 0 Å². The lowest BCUT2D eigenvalue weighted by molar-refractivity contribution is 0.414. The quantitative estimate of drug-likeness (QED) is 0.763. The molecule has 0 aliphatic rings. The summed E-state index contributed by atoms with van der Waals surface area (Å²) in [5, 5.41) is 0.